The molecule has 2 unspecified atom stereocenters. The average molecular weight is 133 g/mol. The van der Waals surface area contributed by atoms with E-state index in [4.69, 9.17) is 15.3 Å². The lowest BCUT2D eigenvalue weighted by Crippen LogP contribution is -2.25. The predicted octanol–water partition coefficient (Wildman–Crippen LogP) is 0.0426. The van der Waals surface area contributed by atoms with E-state index in [-0.39, 0.29) is 0 Å². The smallest absolute Gasteiger partial charge is 0.111 e. The van der Waals surface area contributed by atoms with E-state index in [2.05, 4.69) is 0 Å². The van der Waals surface area contributed by atoms with Gasteiger partial charge in [-0.15, -0.1) is 0 Å². The maximum Gasteiger partial charge on any atom is 0.111 e. The van der Waals surface area contributed by atoms with E-state index < -0.39 is 12.2 Å². The van der Waals surface area contributed by atoms with Crippen molar-refractivity contribution in [2.75, 3.05) is 0 Å². The summed E-state index contributed by atoms with van der Waals surface area (Å²) in [5.41, 5.74) is 0. The quantitative estimate of drug-likeness (QED) is 0.507. The molecule has 1 radical (unpaired) electrons. The van der Waals surface area contributed by atoms with Gasteiger partial charge in [0.05, 0.1) is 6.10 Å². The number of aliphatic hydroxyl groups excluding tert-OH is 3. The molecule has 0 aliphatic carbocycles. The van der Waals surface area contributed by atoms with Gasteiger partial charge in [0, 0.05) is 0 Å². The van der Waals surface area contributed by atoms with Gasteiger partial charge in [-0.05, 0) is 6.42 Å². The molecule has 0 aliphatic rings. The molecular weight excluding hydrogens is 120 g/mol. The van der Waals surface area contributed by atoms with Crippen LogP contribution in [0.15, 0.2) is 0 Å². The van der Waals surface area contributed by atoms with Crippen molar-refractivity contribution in [3.8, 4) is 0 Å². The van der Waals surface area contributed by atoms with E-state index in [9.17, 15) is 0 Å². The molecule has 0 saturated heterocycles. The maximum atomic E-state index is 8.88. The van der Waals surface area contributed by atoms with E-state index in [1.807, 2.05) is 6.92 Å². The lowest BCUT2D eigenvalue weighted by atomic mass is 10.1. The second-order valence-electron chi connectivity index (χ2n) is 2.00. The number of aliphatic hydroxyl groups is 3. The van der Waals surface area contributed by atoms with Crippen molar-refractivity contribution in [2.24, 2.45) is 0 Å². The molecule has 0 fully saturated rings. The zero-order valence-corrected chi connectivity index (χ0v) is 5.49. The number of rotatable bonds is 4. The fourth-order valence-corrected chi connectivity index (χ4v) is 0.566. The van der Waals surface area contributed by atoms with Crippen molar-refractivity contribution in [2.45, 2.75) is 32.0 Å². The summed E-state index contributed by atoms with van der Waals surface area (Å²) >= 11 is 0. The highest BCUT2D eigenvalue weighted by atomic mass is 16.4. The summed E-state index contributed by atoms with van der Waals surface area (Å²) in [5.74, 6) is 0. The lowest BCUT2D eigenvalue weighted by molar-refractivity contribution is 0.00886. The van der Waals surface area contributed by atoms with Gasteiger partial charge in [0.2, 0.25) is 0 Å². The van der Waals surface area contributed by atoms with Crippen molar-refractivity contribution in [3.63, 3.8) is 0 Å². The van der Waals surface area contributed by atoms with Crippen LogP contribution < -0.4 is 0 Å². The topological polar surface area (TPSA) is 60.7 Å². The van der Waals surface area contributed by atoms with Crippen molar-refractivity contribution in [1.29, 1.82) is 0 Å². The molecule has 0 amide bonds. The summed E-state index contributed by atoms with van der Waals surface area (Å²) < 4.78 is 0. The third kappa shape index (κ3) is 3.46. The van der Waals surface area contributed by atoms with Gasteiger partial charge in [0.15, 0.2) is 0 Å². The molecule has 0 saturated carbocycles. The first-order valence-corrected chi connectivity index (χ1v) is 3.06. The fraction of sp³-hybridized carbons (Fsp3) is 0.833. The summed E-state index contributed by atoms with van der Waals surface area (Å²) in [5, 5.41) is 25.8. The highest BCUT2D eigenvalue weighted by molar-refractivity contribution is 4.72. The second kappa shape index (κ2) is 4.73. The number of hydrogen-bond acceptors (Lipinski definition) is 3. The molecular formula is C6H13O3. The highest BCUT2D eigenvalue weighted by Crippen LogP contribution is 2.02. The minimum atomic E-state index is -1.09. The first-order valence-electron chi connectivity index (χ1n) is 3.06. The lowest BCUT2D eigenvalue weighted by Gasteiger charge is -2.12. The Morgan fingerprint density at radius 2 is 2.00 bits per heavy atom. The van der Waals surface area contributed by atoms with Crippen LogP contribution in [0.2, 0.25) is 0 Å². The molecule has 0 aromatic rings. The first-order chi connectivity index (χ1) is 4.22. The molecule has 0 aliphatic heterocycles. The molecule has 0 rings (SSSR count). The maximum absolute atomic E-state index is 8.88. The van der Waals surface area contributed by atoms with E-state index in [1.54, 1.807) is 0 Å². The first kappa shape index (κ1) is 8.88. The Hall–Kier alpha value is -0.120. The molecule has 0 bridgehead atoms. The van der Waals surface area contributed by atoms with Crippen LogP contribution in [-0.2, 0) is 0 Å². The second-order valence-corrected chi connectivity index (χ2v) is 2.00. The predicted molar refractivity (Wildman–Crippen MR) is 33.2 cm³/mol. The van der Waals surface area contributed by atoms with Gasteiger partial charge in [0.25, 0.3) is 0 Å². The van der Waals surface area contributed by atoms with Crippen molar-refractivity contribution >= 4 is 0 Å². The third-order valence-electron chi connectivity index (χ3n) is 1.13. The van der Waals surface area contributed by atoms with Crippen LogP contribution in [0.4, 0.5) is 0 Å². The molecule has 0 spiro atoms. The fourth-order valence-electron chi connectivity index (χ4n) is 0.566. The Balaban J connectivity index is 3.32. The van der Waals surface area contributed by atoms with Crippen LogP contribution in [0.3, 0.4) is 0 Å². The third-order valence-corrected chi connectivity index (χ3v) is 1.13. The van der Waals surface area contributed by atoms with E-state index in [0.29, 0.717) is 13.0 Å². The molecule has 0 heterocycles. The van der Waals surface area contributed by atoms with Crippen LogP contribution in [0.5, 0.6) is 0 Å². The van der Waals surface area contributed by atoms with E-state index in [1.165, 1.54) is 0 Å². The van der Waals surface area contributed by atoms with Gasteiger partial charge in [-0.25, -0.2) is 0 Å². The van der Waals surface area contributed by atoms with Gasteiger partial charge in [-0.2, -0.15) is 0 Å². The largest absolute Gasteiger partial charge is 0.390 e. The highest BCUT2D eigenvalue weighted by Gasteiger charge is 2.13. The van der Waals surface area contributed by atoms with Gasteiger partial charge in [-0.3, -0.25) is 0 Å². The monoisotopic (exact) mass is 133 g/mol. The summed E-state index contributed by atoms with van der Waals surface area (Å²) in [7, 11) is 0. The molecule has 3 N–H and O–H groups in total. The summed E-state index contributed by atoms with van der Waals surface area (Å²) in [6.07, 6.45) is -0.602. The van der Waals surface area contributed by atoms with Crippen molar-refractivity contribution in [3.05, 3.63) is 6.61 Å². The van der Waals surface area contributed by atoms with Gasteiger partial charge < -0.3 is 15.3 Å². The molecule has 2 atom stereocenters. The molecule has 55 valence electrons. The Kier molecular flexibility index (Phi) is 4.67. The molecule has 0 aromatic carbocycles. The normalized spacial score (nSPS) is 17.3. The van der Waals surface area contributed by atoms with E-state index >= 15 is 0 Å². The van der Waals surface area contributed by atoms with Gasteiger partial charge in [-0.1, -0.05) is 13.3 Å². The minimum absolute atomic E-state index is 0.512. The Bertz CT molecular complexity index is 65.3. The Morgan fingerprint density at radius 3 is 2.33 bits per heavy atom. The summed E-state index contributed by atoms with van der Waals surface area (Å²) in [6.45, 7) is 2.49. The van der Waals surface area contributed by atoms with Crippen molar-refractivity contribution in [1.82, 2.24) is 0 Å². The van der Waals surface area contributed by atoms with Gasteiger partial charge >= 0.3 is 0 Å². The standard InChI is InChI=1S/C6H13O3/c1-2-3-5(8)6(9)4-7/h4-9H,2-3H2,1H3. The molecule has 3 heteroatoms. The Morgan fingerprint density at radius 1 is 1.44 bits per heavy atom. The van der Waals surface area contributed by atoms with Crippen LogP contribution in [-0.4, -0.2) is 27.5 Å². The Labute approximate surface area is 54.9 Å². The minimum Gasteiger partial charge on any atom is -0.390 e. The van der Waals surface area contributed by atoms with Crippen LogP contribution in [0, 0.1) is 6.61 Å². The zero-order valence-electron chi connectivity index (χ0n) is 5.49. The average Bonchev–Trinajstić information content (AvgIpc) is 1.87. The van der Waals surface area contributed by atoms with Gasteiger partial charge in [0.1, 0.15) is 12.7 Å². The molecule has 9 heavy (non-hydrogen) atoms. The molecule has 3 nitrogen and oxygen atoms in total. The van der Waals surface area contributed by atoms with Crippen molar-refractivity contribution < 1.29 is 15.3 Å². The van der Waals surface area contributed by atoms with E-state index in [0.717, 1.165) is 6.42 Å². The van der Waals surface area contributed by atoms with Crippen LogP contribution >= 0.6 is 0 Å². The summed E-state index contributed by atoms with van der Waals surface area (Å²) in [4.78, 5) is 0. The summed E-state index contributed by atoms with van der Waals surface area (Å²) in [6, 6.07) is 0. The van der Waals surface area contributed by atoms with Crippen LogP contribution in [0.1, 0.15) is 19.8 Å². The van der Waals surface area contributed by atoms with Crippen LogP contribution in [0.25, 0.3) is 0 Å². The number of hydrogen-bond donors (Lipinski definition) is 3. The zero-order chi connectivity index (χ0) is 7.28. The SMILES string of the molecule is CCCC(O)C(O)[CH]O. The molecule has 0 aromatic heterocycles.